The SMILES string of the molecule is CCNC(=NCC(C)c1c(C)noc1C)NCCc1ccc(OC)c(OC)c1. The van der Waals surface area contributed by atoms with Crippen molar-refractivity contribution in [2.45, 2.75) is 40.0 Å². The number of rotatable bonds is 9. The summed E-state index contributed by atoms with van der Waals surface area (Å²) in [4.78, 5) is 4.72. The van der Waals surface area contributed by atoms with Gasteiger partial charge in [-0.1, -0.05) is 18.1 Å². The first kappa shape index (κ1) is 21.6. The van der Waals surface area contributed by atoms with Gasteiger partial charge in [-0.15, -0.1) is 0 Å². The number of ether oxygens (including phenoxy) is 2. The van der Waals surface area contributed by atoms with Gasteiger partial charge in [-0.2, -0.15) is 0 Å². The largest absolute Gasteiger partial charge is 0.493 e. The van der Waals surface area contributed by atoms with Crippen molar-refractivity contribution in [3.05, 3.63) is 40.8 Å². The highest BCUT2D eigenvalue weighted by atomic mass is 16.5. The molecule has 0 saturated heterocycles. The van der Waals surface area contributed by atoms with E-state index in [9.17, 15) is 0 Å². The molecule has 0 bridgehead atoms. The fraction of sp³-hybridized carbons (Fsp3) is 0.524. The van der Waals surface area contributed by atoms with Crippen molar-refractivity contribution in [2.75, 3.05) is 33.9 Å². The van der Waals surface area contributed by atoms with Crippen LogP contribution in [-0.2, 0) is 6.42 Å². The fourth-order valence-corrected chi connectivity index (χ4v) is 3.22. The van der Waals surface area contributed by atoms with E-state index in [4.69, 9.17) is 19.0 Å². The van der Waals surface area contributed by atoms with E-state index in [1.807, 2.05) is 32.0 Å². The average Bonchev–Trinajstić information content (AvgIpc) is 3.03. The minimum Gasteiger partial charge on any atom is -0.493 e. The normalized spacial score (nSPS) is 12.6. The molecule has 1 aromatic heterocycles. The summed E-state index contributed by atoms with van der Waals surface area (Å²) in [7, 11) is 3.29. The van der Waals surface area contributed by atoms with Crippen LogP contribution in [0.2, 0.25) is 0 Å². The van der Waals surface area contributed by atoms with Gasteiger partial charge >= 0.3 is 0 Å². The number of benzene rings is 1. The summed E-state index contributed by atoms with van der Waals surface area (Å²) >= 11 is 0. The standard InChI is InChI=1S/C21H32N4O3/c1-7-22-21(24-13-14(2)20-15(3)25-28-16(20)4)23-11-10-17-8-9-18(26-5)19(12-17)27-6/h8-9,12,14H,7,10-11,13H2,1-6H3,(H2,22,23,24). The van der Waals surface area contributed by atoms with Crippen molar-refractivity contribution >= 4 is 5.96 Å². The number of hydrogen-bond donors (Lipinski definition) is 2. The quantitative estimate of drug-likeness (QED) is 0.507. The second kappa shape index (κ2) is 10.6. The van der Waals surface area contributed by atoms with Crippen LogP contribution in [0.4, 0.5) is 0 Å². The molecule has 2 rings (SSSR count). The number of hydrogen-bond acceptors (Lipinski definition) is 5. The van der Waals surface area contributed by atoms with E-state index >= 15 is 0 Å². The molecule has 2 aromatic rings. The number of aryl methyl sites for hydroxylation is 2. The molecule has 1 aromatic carbocycles. The van der Waals surface area contributed by atoms with Gasteiger partial charge in [0.15, 0.2) is 17.5 Å². The van der Waals surface area contributed by atoms with E-state index in [0.29, 0.717) is 6.54 Å². The van der Waals surface area contributed by atoms with Crippen molar-refractivity contribution in [1.29, 1.82) is 0 Å². The third-order valence-electron chi connectivity index (χ3n) is 4.60. The number of aromatic nitrogens is 1. The minimum absolute atomic E-state index is 0.243. The monoisotopic (exact) mass is 388 g/mol. The van der Waals surface area contributed by atoms with Gasteiger partial charge in [0.1, 0.15) is 5.76 Å². The maximum absolute atomic E-state index is 5.37. The maximum atomic E-state index is 5.37. The molecule has 0 fully saturated rings. The molecule has 7 heteroatoms. The Morgan fingerprint density at radius 3 is 2.54 bits per heavy atom. The second-order valence-corrected chi connectivity index (χ2v) is 6.72. The maximum Gasteiger partial charge on any atom is 0.191 e. The lowest BCUT2D eigenvalue weighted by molar-refractivity contribution is 0.354. The smallest absolute Gasteiger partial charge is 0.191 e. The molecule has 7 nitrogen and oxygen atoms in total. The van der Waals surface area contributed by atoms with E-state index in [-0.39, 0.29) is 5.92 Å². The predicted molar refractivity (Wildman–Crippen MR) is 112 cm³/mol. The van der Waals surface area contributed by atoms with E-state index in [2.05, 4.69) is 29.6 Å². The minimum atomic E-state index is 0.243. The van der Waals surface area contributed by atoms with Crippen molar-refractivity contribution in [3.63, 3.8) is 0 Å². The first-order valence-corrected chi connectivity index (χ1v) is 9.65. The van der Waals surface area contributed by atoms with E-state index in [1.165, 1.54) is 5.56 Å². The molecule has 0 saturated carbocycles. The molecule has 0 aliphatic rings. The van der Waals surface area contributed by atoms with Gasteiger partial charge in [-0.05, 0) is 44.9 Å². The molecule has 0 radical (unpaired) electrons. The first-order valence-electron chi connectivity index (χ1n) is 9.65. The Morgan fingerprint density at radius 1 is 1.18 bits per heavy atom. The van der Waals surface area contributed by atoms with Gasteiger partial charge in [0.25, 0.3) is 0 Å². The summed E-state index contributed by atoms with van der Waals surface area (Å²) in [5.74, 6) is 3.40. The Morgan fingerprint density at radius 2 is 1.93 bits per heavy atom. The van der Waals surface area contributed by atoms with Crippen LogP contribution >= 0.6 is 0 Å². The van der Waals surface area contributed by atoms with Crippen LogP contribution in [0, 0.1) is 13.8 Å². The zero-order chi connectivity index (χ0) is 20.5. The van der Waals surface area contributed by atoms with E-state index in [0.717, 1.165) is 54.0 Å². The van der Waals surface area contributed by atoms with Crippen molar-refractivity contribution in [3.8, 4) is 11.5 Å². The van der Waals surface area contributed by atoms with Gasteiger partial charge in [-0.3, -0.25) is 4.99 Å². The zero-order valence-corrected chi connectivity index (χ0v) is 17.8. The van der Waals surface area contributed by atoms with Crippen LogP contribution in [0.5, 0.6) is 11.5 Å². The average molecular weight is 389 g/mol. The summed E-state index contributed by atoms with van der Waals surface area (Å²) < 4.78 is 15.9. The first-order chi connectivity index (χ1) is 13.5. The summed E-state index contributed by atoms with van der Waals surface area (Å²) in [5.41, 5.74) is 3.25. The third kappa shape index (κ3) is 5.65. The third-order valence-corrected chi connectivity index (χ3v) is 4.60. The zero-order valence-electron chi connectivity index (χ0n) is 17.8. The van der Waals surface area contributed by atoms with Crippen LogP contribution in [-0.4, -0.2) is 45.0 Å². The Kier molecular flexibility index (Phi) is 8.17. The summed E-state index contributed by atoms with van der Waals surface area (Å²) in [5, 5.41) is 10.7. The van der Waals surface area contributed by atoms with Crippen LogP contribution in [0.15, 0.2) is 27.7 Å². The number of nitrogens with one attached hydrogen (secondary N) is 2. The highest BCUT2D eigenvalue weighted by molar-refractivity contribution is 5.79. The van der Waals surface area contributed by atoms with Crippen LogP contribution < -0.4 is 20.1 Å². The molecule has 0 amide bonds. The Hall–Kier alpha value is -2.70. The fourth-order valence-electron chi connectivity index (χ4n) is 3.22. The van der Waals surface area contributed by atoms with Gasteiger partial charge in [0.05, 0.1) is 19.9 Å². The second-order valence-electron chi connectivity index (χ2n) is 6.72. The number of methoxy groups -OCH3 is 2. The van der Waals surface area contributed by atoms with Crippen molar-refractivity contribution < 1.29 is 14.0 Å². The highest BCUT2D eigenvalue weighted by Gasteiger charge is 2.16. The molecule has 1 heterocycles. The summed E-state index contributed by atoms with van der Waals surface area (Å²) in [6.45, 7) is 10.4. The molecule has 154 valence electrons. The molecule has 0 aliphatic carbocycles. The van der Waals surface area contributed by atoms with E-state index in [1.54, 1.807) is 14.2 Å². The molecular weight excluding hydrogens is 356 g/mol. The molecule has 0 spiro atoms. The van der Waals surface area contributed by atoms with Crippen molar-refractivity contribution in [2.24, 2.45) is 4.99 Å². The summed E-state index contributed by atoms with van der Waals surface area (Å²) in [6, 6.07) is 5.98. The van der Waals surface area contributed by atoms with Crippen LogP contribution in [0.1, 0.15) is 42.3 Å². The lowest BCUT2D eigenvalue weighted by atomic mass is 10.00. The lowest BCUT2D eigenvalue weighted by Gasteiger charge is -2.14. The molecule has 28 heavy (non-hydrogen) atoms. The number of aliphatic imine (C=N–C) groups is 1. The van der Waals surface area contributed by atoms with Crippen LogP contribution in [0.3, 0.4) is 0 Å². The van der Waals surface area contributed by atoms with Gasteiger partial charge in [-0.25, -0.2) is 0 Å². The molecule has 0 aliphatic heterocycles. The Labute approximate surface area is 167 Å². The molecule has 1 atom stereocenters. The Balaban J connectivity index is 1.94. The van der Waals surface area contributed by atoms with Crippen LogP contribution in [0.25, 0.3) is 0 Å². The molecule has 1 unspecified atom stereocenters. The number of nitrogens with zero attached hydrogens (tertiary/aromatic N) is 2. The topological polar surface area (TPSA) is 80.9 Å². The molecular formula is C21H32N4O3. The Bertz CT molecular complexity index is 766. The van der Waals surface area contributed by atoms with Gasteiger partial charge in [0.2, 0.25) is 0 Å². The van der Waals surface area contributed by atoms with E-state index < -0.39 is 0 Å². The lowest BCUT2D eigenvalue weighted by Crippen LogP contribution is -2.38. The summed E-state index contributed by atoms with van der Waals surface area (Å²) in [6.07, 6.45) is 0.851. The van der Waals surface area contributed by atoms with Crippen molar-refractivity contribution in [1.82, 2.24) is 15.8 Å². The van der Waals surface area contributed by atoms with Gasteiger partial charge < -0.3 is 24.6 Å². The van der Waals surface area contributed by atoms with Gasteiger partial charge in [0, 0.05) is 31.1 Å². The highest BCUT2D eigenvalue weighted by Crippen LogP contribution is 2.27. The molecule has 2 N–H and O–H groups in total. The predicted octanol–water partition coefficient (Wildman–Crippen LogP) is 3.21. The number of guanidine groups is 1.